The Labute approximate surface area is 154 Å². The first-order valence-electron chi connectivity index (χ1n) is 10.0. The van der Waals surface area contributed by atoms with Crippen molar-refractivity contribution in [2.75, 3.05) is 13.6 Å². The summed E-state index contributed by atoms with van der Waals surface area (Å²) in [5.41, 5.74) is 0.478. The Balaban J connectivity index is 1.70. The van der Waals surface area contributed by atoms with E-state index in [-0.39, 0.29) is 11.8 Å². The summed E-state index contributed by atoms with van der Waals surface area (Å²) in [6.07, 6.45) is 3.99. The zero-order valence-electron chi connectivity index (χ0n) is 15.6. The van der Waals surface area contributed by atoms with Crippen molar-refractivity contribution >= 4 is 0 Å². The van der Waals surface area contributed by atoms with Gasteiger partial charge in [-0.05, 0) is 63.1 Å². The molecule has 2 fully saturated rings. The van der Waals surface area contributed by atoms with Crippen molar-refractivity contribution in [2.24, 2.45) is 5.92 Å². The molecule has 1 aromatic rings. The number of aliphatic hydroxyl groups is 2. The average molecular weight is 359 g/mol. The van der Waals surface area contributed by atoms with Crippen LogP contribution in [0.1, 0.15) is 50.2 Å². The van der Waals surface area contributed by atoms with E-state index in [0.29, 0.717) is 25.0 Å². The van der Waals surface area contributed by atoms with Crippen LogP contribution in [0, 0.1) is 5.92 Å². The first kappa shape index (κ1) is 16.8. The number of rotatable bonds is 4. The van der Waals surface area contributed by atoms with Gasteiger partial charge >= 0.3 is 0 Å². The molecule has 142 valence electrons. The predicted molar refractivity (Wildman–Crippen MR) is 97.5 cm³/mol. The Kier molecular flexibility index (Phi) is 3.48. The van der Waals surface area contributed by atoms with E-state index in [1.54, 1.807) is 6.07 Å². The molecule has 3 N–H and O–H groups in total. The maximum Gasteiger partial charge on any atom is 0.165 e. The van der Waals surface area contributed by atoms with Crippen LogP contribution < -0.4 is 4.74 Å². The minimum Gasteiger partial charge on any atom is -0.504 e. The van der Waals surface area contributed by atoms with Crippen molar-refractivity contribution in [3.05, 3.63) is 23.3 Å². The maximum atomic E-state index is 12.1. The lowest BCUT2D eigenvalue weighted by Gasteiger charge is -2.59. The van der Waals surface area contributed by atoms with Gasteiger partial charge in [0.15, 0.2) is 11.5 Å². The topological polar surface area (TPSA) is 73.2 Å². The van der Waals surface area contributed by atoms with E-state index in [9.17, 15) is 15.3 Å². The lowest BCUT2D eigenvalue weighted by molar-refractivity contribution is -0.183. The molecule has 5 heteroatoms. The molecule has 1 heterocycles. The van der Waals surface area contributed by atoms with Crippen LogP contribution in [0.5, 0.6) is 11.5 Å². The fourth-order valence-electron chi connectivity index (χ4n) is 6.25. The van der Waals surface area contributed by atoms with E-state index < -0.39 is 23.2 Å². The van der Waals surface area contributed by atoms with Gasteiger partial charge in [0, 0.05) is 18.2 Å². The van der Waals surface area contributed by atoms with Crippen LogP contribution in [0.15, 0.2) is 12.1 Å². The van der Waals surface area contributed by atoms with Crippen molar-refractivity contribution in [1.82, 2.24) is 4.90 Å². The Morgan fingerprint density at radius 3 is 2.73 bits per heavy atom. The van der Waals surface area contributed by atoms with Crippen LogP contribution in [0.3, 0.4) is 0 Å². The van der Waals surface area contributed by atoms with Gasteiger partial charge in [-0.2, -0.15) is 0 Å². The van der Waals surface area contributed by atoms with Crippen molar-refractivity contribution < 1.29 is 20.1 Å². The van der Waals surface area contributed by atoms with Gasteiger partial charge in [0.1, 0.15) is 6.10 Å². The van der Waals surface area contributed by atoms with E-state index in [2.05, 4.69) is 18.9 Å². The molecule has 0 radical (unpaired) electrons. The molecule has 0 bridgehead atoms. The summed E-state index contributed by atoms with van der Waals surface area (Å²) in [5, 5.41) is 33.3. The molecule has 1 aliphatic heterocycles. The minimum absolute atomic E-state index is 0.00430. The van der Waals surface area contributed by atoms with Crippen molar-refractivity contribution in [1.29, 1.82) is 0 Å². The highest BCUT2D eigenvalue weighted by molar-refractivity contribution is 5.61. The van der Waals surface area contributed by atoms with E-state index in [1.807, 2.05) is 6.07 Å². The van der Waals surface area contributed by atoms with Gasteiger partial charge in [-0.3, -0.25) is 4.90 Å². The number of aliphatic hydroxyl groups excluding tert-OH is 1. The smallest absolute Gasteiger partial charge is 0.165 e. The van der Waals surface area contributed by atoms with Gasteiger partial charge in [-0.25, -0.2) is 0 Å². The molecule has 5 rings (SSSR count). The second-order valence-corrected chi connectivity index (χ2v) is 8.94. The third kappa shape index (κ3) is 1.92. The standard InChI is InChI=1S/C21H29NO4/c1-3-20-17-13-6-7-14(23)18(17)26-19(20)15(24)8-9-21(20,25)16(10-13)22(2)11-12-4-5-12/h6-7,12,15-16,19,23-25H,3-5,8-11H2,1-2H3/t15?,16?,19-,20-,21?/m0/s1. The molecule has 3 aliphatic carbocycles. The molecular weight excluding hydrogens is 330 g/mol. The monoisotopic (exact) mass is 359 g/mol. The number of aromatic hydroxyl groups is 1. The van der Waals surface area contributed by atoms with Gasteiger partial charge < -0.3 is 20.1 Å². The second kappa shape index (κ2) is 5.37. The first-order valence-corrected chi connectivity index (χ1v) is 10.0. The van der Waals surface area contributed by atoms with Crippen LogP contribution in [-0.2, 0) is 11.8 Å². The van der Waals surface area contributed by atoms with E-state index >= 15 is 0 Å². The van der Waals surface area contributed by atoms with Crippen LogP contribution >= 0.6 is 0 Å². The maximum absolute atomic E-state index is 12.1. The first-order chi connectivity index (χ1) is 12.4. The fraction of sp³-hybridized carbons (Fsp3) is 0.714. The highest BCUT2D eigenvalue weighted by Crippen LogP contribution is 2.63. The molecule has 0 saturated heterocycles. The zero-order valence-corrected chi connectivity index (χ0v) is 15.6. The molecule has 0 aromatic heterocycles. The highest BCUT2D eigenvalue weighted by atomic mass is 16.5. The normalized spacial score (nSPS) is 40.4. The largest absolute Gasteiger partial charge is 0.504 e. The number of hydrogen-bond acceptors (Lipinski definition) is 5. The van der Waals surface area contributed by atoms with E-state index in [1.165, 1.54) is 12.8 Å². The lowest BCUT2D eigenvalue weighted by atomic mass is 9.50. The van der Waals surface area contributed by atoms with Gasteiger partial charge in [-0.1, -0.05) is 13.0 Å². The number of likely N-dealkylation sites (N-methyl/N-ethyl adjacent to an activating group) is 1. The molecule has 5 atom stereocenters. The summed E-state index contributed by atoms with van der Waals surface area (Å²) < 4.78 is 6.15. The predicted octanol–water partition coefficient (Wildman–Crippen LogP) is 1.95. The Bertz CT molecular complexity index is 748. The molecule has 0 amide bonds. The number of ether oxygens (including phenoxy) is 1. The molecule has 2 saturated carbocycles. The molecule has 0 spiro atoms. The SMILES string of the molecule is CC[C@]12c3c4ccc(O)c3O[C@H]1C(O)CCC2(O)C(N(C)CC1CC1)C4. The van der Waals surface area contributed by atoms with Crippen molar-refractivity contribution in [3.8, 4) is 11.5 Å². The average Bonchev–Trinajstić information content (AvgIpc) is 3.34. The van der Waals surface area contributed by atoms with E-state index in [4.69, 9.17) is 4.74 Å². The van der Waals surface area contributed by atoms with Crippen LogP contribution in [-0.4, -0.2) is 57.7 Å². The summed E-state index contributed by atoms with van der Waals surface area (Å²) >= 11 is 0. The molecule has 1 aromatic carbocycles. The van der Waals surface area contributed by atoms with Crippen LogP contribution in [0.4, 0.5) is 0 Å². The Hall–Kier alpha value is -1.30. The molecule has 3 unspecified atom stereocenters. The summed E-state index contributed by atoms with van der Waals surface area (Å²) in [4.78, 5) is 2.34. The molecular formula is C21H29NO4. The minimum atomic E-state index is -0.957. The highest BCUT2D eigenvalue weighted by Gasteiger charge is 2.70. The van der Waals surface area contributed by atoms with Gasteiger partial charge in [-0.15, -0.1) is 0 Å². The third-order valence-electron chi connectivity index (χ3n) is 7.64. The summed E-state index contributed by atoms with van der Waals surface area (Å²) in [7, 11) is 2.13. The Morgan fingerprint density at radius 1 is 1.27 bits per heavy atom. The fourth-order valence-corrected chi connectivity index (χ4v) is 6.25. The Morgan fingerprint density at radius 2 is 2.04 bits per heavy atom. The third-order valence-corrected chi connectivity index (χ3v) is 7.64. The number of nitrogens with zero attached hydrogens (tertiary/aromatic N) is 1. The van der Waals surface area contributed by atoms with Gasteiger partial charge in [0.05, 0.1) is 17.1 Å². The number of phenolic OH excluding ortho intramolecular Hbond substituents is 1. The molecule has 26 heavy (non-hydrogen) atoms. The second-order valence-electron chi connectivity index (χ2n) is 8.94. The lowest BCUT2D eigenvalue weighted by Crippen LogP contribution is -2.73. The van der Waals surface area contributed by atoms with Crippen molar-refractivity contribution in [2.45, 2.75) is 74.7 Å². The quantitative estimate of drug-likeness (QED) is 0.766. The van der Waals surface area contributed by atoms with Crippen LogP contribution in [0.2, 0.25) is 0 Å². The summed E-state index contributed by atoms with van der Waals surface area (Å²) in [5.74, 6) is 1.35. The number of phenols is 1. The number of benzene rings is 1. The molecule has 4 aliphatic rings. The van der Waals surface area contributed by atoms with Gasteiger partial charge in [0.2, 0.25) is 0 Å². The van der Waals surface area contributed by atoms with E-state index in [0.717, 1.165) is 30.0 Å². The summed E-state index contributed by atoms with van der Waals surface area (Å²) in [6, 6.07) is 3.68. The molecule has 5 nitrogen and oxygen atoms in total. The zero-order chi connectivity index (χ0) is 18.3. The van der Waals surface area contributed by atoms with Crippen molar-refractivity contribution in [3.63, 3.8) is 0 Å². The summed E-state index contributed by atoms with van der Waals surface area (Å²) in [6.45, 7) is 3.09. The van der Waals surface area contributed by atoms with Crippen LogP contribution in [0.25, 0.3) is 0 Å². The number of hydrogen-bond donors (Lipinski definition) is 3. The van der Waals surface area contributed by atoms with Gasteiger partial charge in [0.25, 0.3) is 0 Å².